The number of benzene rings is 1. The van der Waals surface area contributed by atoms with Crippen LogP contribution >= 0.6 is 23.1 Å². The standard InChI is InChI=1S/C21H22N4O3S2/c1-12-7-4-5-8-13(12)18-23-24-21(25(18)2)29-11-16(26)22-19-17(20(27)28-3)14-9-6-10-15(14)30-19/h4-5,7-8H,6,9-11H2,1-3H3,(H,22,26). The van der Waals surface area contributed by atoms with E-state index in [9.17, 15) is 9.59 Å². The molecule has 1 aliphatic rings. The van der Waals surface area contributed by atoms with Crippen molar-refractivity contribution in [2.75, 3.05) is 18.2 Å². The molecule has 2 aromatic heterocycles. The van der Waals surface area contributed by atoms with Crippen molar-refractivity contribution in [1.29, 1.82) is 0 Å². The topological polar surface area (TPSA) is 86.1 Å². The Labute approximate surface area is 182 Å². The first kappa shape index (κ1) is 20.6. The molecule has 1 aromatic carbocycles. The van der Waals surface area contributed by atoms with E-state index in [4.69, 9.17) is 4.74 Å². The third-order valence-electron chi connectivity index (χ3n) is 5.12. The highest BCUT2D eigenvalue weighted by Crippen LogP contribution is 2.39. The van der Waals surface area contributed by atoms with E-state index >= 15 is 0 Å². The van der Waals surface area contributed by atoms with Gasteiger partial charge in [-0.15, -0.1) is 21.5 Å². The predicted octanol–water partition coefficient (Wildman–Crippen LogP) is 3.86. The molecule has 30 heavy (non-hydrogen) atoms. The lowest BCUT2D eigenvalue weighted by Gasteiger charge is -2.08. The largest absolute Gasteiger partial charge is 0.465 e. The second-order valence-corrected chi connectivity index (χ2v) is 9.12. The first-order chi connectivity index (χ1) is 14.5. The molecule has 7 nitrogen and oxygen atoms in total. The minimum Gasteiger partial charge on any atom is -0.465 e. The number of thiophene rings is 1. The Morgan fingerprint density at radius 1 is 1.27 bits per heavy atom. The lowest BCUT2D eigenvalue weighted by molar-refractivity contribution is -0.113. The maximum absolute atomic E-state index is 12.6. The molecule has 0 saturated carbocycles. The van der Waals surface area contributed by atoms with E-state index in [2.05, 4.69) is 15.5 Å². The summed E-state index contributed by atoms with van der Waals surface area (Å²) < 4.78 is 6.82. The van der Waals surface area contributed by atoms with E-state index in [1.807, 2.05) is 42.8 Å². The van der Waals surface area contributed by atoms with Gasteiger partial charge in [-0.3, -0.25) is 4.79 Å². The number of anilines is 1. The second-order valence-electron chi connectivity index (χ2n) is 7.07. The molecular formula is C21H22N4O3S2. The van der Waals surface area contributed by atoms with E-state index in [1.165, 1.54) is 30.2 Å². The molecule has 3 aromatic rings. The van der Waals surface area contributed by atoms with Crippen LogP contribution in [0.15, 0.2) is 29.4 Å². The molecule has 0 unspecified atom stereocenters. The van der Waals surface area contributed by atoms with E-state index in [0.29, 0.717) is 15.7 Å². The van der Waals surface area contributed by atoms with Crippen molar-refractivity contribution in [3.05, 3.63) is 45.8 Å². The summed E-state index contributed by atoms with van der Waals surface area (Å²) in [5.41, 5.74) is 3.66. The average molecular weight is 443 g/mol. The molecule has 0 radical (unpaired) electrons. The number of hydrogen-bond acceptors (Lipinski definition) is 7. The number of fused-ring (bicyclic) bond motifs is 1. The Morgan fingerprint density at radius 3 is 2.83 bits per heavy atom. The van der Waals surface area contributed by atoms with Crippen molar-refractivity contribution in [1.82, 2.24) is 14.8 Å². The maximum Gasteiger partial charge on any atom is 0.341 e. The van der Waals surface area contributed by atoms with Crippen LogP contribution in [-0.2, 0) is 29.4 Å². The highest BCUT2D eigenvalue weighted by molar-refractivity contribution is 7.99. The summed E-state index contributed by atoms with van der Waals surface area (Å²) in [6, 6.07) is 7.99. The minimum atomic E-state index is -0.395. The Balaban J connectivity index is 1.46. The molecule has 9 heteroatoms. The van der Waals surface area contributed by atoms with Crippen molar-refractivity contribution in [3.8, 4) is 11.4 Å². The number of carbonyl (C=O) groups is 2. The summed E-state index contributed by atoms with van der Waals surface area (Å²) in [7, 11) is 3.25. The van der Waals surface area contributed by atoms with Gasteiger partial charge < -0.3 is 14.6 Å². The third kappa shape index (κ3) is 3.87. The lowest BCUT2D eigenvalue weighted by Crippen LogP contribution is -2.16. The Morgan fingerprint density at radius 2 is 2.07 bits per heavy atom. The van der Waals surface area contributed by atoms with E-state index in [-0.39, 0.29) is 11.7 Å². The fourth-order valence-electron chi connectivity index (χ4n) is 3.60. The van der Waals surface area contributed by atoms with Crippen molar-refractivity contribution < 1.29 is 14.3 Å². The van der Waals surface area contributed by atoms with E-state index < -0.39 is 5.97 Å². The predicted molar refractivity (Wildman–Crippen MR) is 118 cm³/mol. The van der Waals surface area contributed by atoms with Crippen LogP contribution in [0.2, 0.25) is 0 Å². The number of aromatic nitrogens is 3. The summed E-state index contributed by atoms with van der Waals surface area (Å²) >= 11 is 2.79. The van der Waals surface area contributed by atoms with Gasteiger partial charge in [-0.2, -0.15) is 0 Å². The maximum atomic E-state index is 12.6. The van der Waals surface area contributed by atoms with Gasteiger partial charge in [0, 0.05) is 17.5 Å². The lowest BCUT2D eigenvalue weighted by atomic mass is 10.1. The first-order valence-corrected chi connectivity index (χ1v) is 11.4. The van der Waals surface area contributed by atoms with Gasteiger partial charge in [-0.1, -0.05) is 36.0 Å². The van der Waals surface area contributed by atoms with E-state index in [1.54, 1.807) is 0 Å². The number of nitrogens with one attached hydrogen (secondary N) is 1. The molecular weight excluding hydrogens is 420 g/mol. The van der Waals surface area contributed by atoms with Crippen molar-refractivity contribution >= 4 is 40.0 Å². The Kier molecular flexibility index (Phi) is 5.92. The Hall–Kier alpha value is -2.65. The number of aryl methyl sites for hydroxylation is 2. The zero-order chi connectivity index (χ0) is 21.3. The zero-order valence-corrected chi connectivity index (χ0v) is 18.7. The number of amides is 1. The summed E-state index contributed by atoms with van der Waals surface area (Å²) in [5, 5.41) is 12.7. The number of hydrogen-bond donors (Lipinski definition) is 1. The third-order valence-corrected chi connectivity index (χ3v) is 7.34. The summed E-state index contributed by atoms with van der Waals surface area (Å²) in [5.74, 6) is 0.348. The van der Waals surface area contributed by atoms with Gasteiger partial charge in [0.05, 0.1) is 18.4 Å². The number of carbonyl (C=O) groups excluding carboxylic acids is 2. The van der Waals surface area contributed by atoms with Gasteiger partial charge in [0.1, 0.15) is 5.00 Å². The summed E-state index contributed by atoms with van der Waals surface area (Å²) in [6.07, 6.45) is 2.82. The molecule has 0 saturated heterocycles. The number of methoxy groups -OCH3 is 1. The van der Waals surface area contributed by atoms with Gasteiger partial charge in [-0.25, -0.2) is 4.79 Å². The van der Waals surface area contributed by atoms with Crippen LogP contribution in [0.4, 0.5) is 5.00 Å². The molecule has 0 spiro atoms. The Bertz CT molecular complexity index is 1120. The van der Waals surface area contributed by atoms with Gasteiger partial charge in [-0.05, 0) is 37.3 Å². The van der Waals surface area contributed by atoms with Crippen molar-refractivity contribution in [2.45, 2.75) is 31.3 Å². The summed E-state index contributed by atoms with van der Waals surface area (Å²) in [6.45, 7) is 2.03. The number of ether oxygens (including phenoxy) is 1. The van der Waals surface area contributed by atoms with Crippen LogP contribution in [0.3, 0.4) is 0 Å². The molecule has 4 rings (SSSR count). The molecule has 0 bridgehead atoms. The van der Waals surface area contributed by atoms with Crippen LogP contribution in [0.1, 0.15) is 32.8 Å². The molecule has 1 aliphatic carbocycles. The summed E-state index contributed by atoms with van der Waals surface area (Å²) in [4.78, 5) is 26.0. The molecule has 156 valence electrons. The van der Waals surface area contributed by atoms with Crippen LogP contribution in [-0.4, -0.2) is 39.5 Å². The average Bonchev–Trinajstić information content (AvgIpc) is 3.41. The fraction of sp³-hybridized carbons (Fsp3) is 0.333. The van der Waals surface area contributed by atoms with Crippen LogP contribution in [0.5, 0.6) is 0 Å². The fourth-order valence-corrected chi connectivity index (χ4v) is 5.61. The van der Waals surface area contributed by atoms with Gasteiger partial charge in [0.15, 0.2) is 11.0 Å². The normalized spacial score (nSPS) is 12.6. The first-order valence-electron chi connectivity index (χ1n) is 9.60. The second kappa shape index (κ2) is 8.61. The van der Waals surface area contributed by atoms with Gasteiger partial charge in [0.2, 0.25) is 5.91 Å². The SMILES string of the molecule is COC(=O)c1c(NC(=O)CSc2nnc(-c3ccccc3C)n2C)sc2c1CCC2. The molecule has 2 heterocycles. The molecule has 1 amide bonds. The zero-order valence-electron chi connectivity index (χ0n) is 17.0. The number of thioether (sulfide) groups is 1. The van der Waals surface area contributed by atoms with Gasteiger partial charge in [0.25, 0.3) is 0 Å². The molecule has 0 atom stereocenters. The number of nitrogens with zero attached hydrogens (tertiary/aromatic N) is 3. The highest BCUT2D eigenvalue weighted by atomic mass is 32.2. The smallest absolute Gasteiger partial charge is 0.341 e. The van der Waals surface area contributed by atoms with Crippen molar-refractivity contribution in [3.63, 3.8) is 0 Å². The molecule has 0 aliphatic heterocycles. The quantitative estimate of drug-likeness (QED) is 0.461. The highest BCUT2D eigenvalue weighted by Gasteiger charge is 2.28. The monoisotopic (exact) mass is 442 g/mol. The molecule has 1 N–H and O–H groups in total. The number of rotatable bonds is 6. The molecule has 0 fully saturated rings. The van der Waals surface area contributed by atoms with E-state index in [0.717, 1.165) is 46.7 Å². The van der Waals surface area contributed by atoms with Crippen molar-refractivity contribution in [2.24, 2.45) is 7.05 Å². The van der Waals surface area contributed by atoms with Gasteiger partial charge >= 0.3 is 5.97 Å². The minimum absolute atomic E-state index is 0.170. The van der Waals surface area contributed by atoms with Crippen LogP contribution in [0, 0.1) is 6.92 Å². The number of esters is 1. The van der Waals surface area contributed by atoms with Crippen LogP contribution in [0.25, 0.3) is 11.4 Å². The van der Waals surface area contributed by atoms with Crippen LogP contribution < -0.4 is 5.32 Å².